The van der Waals surface area contributed by atoms with E-state index in [-0.39, 0.29) is 24.5 Å². The van der Waals surface area contributed by atoms with Gasteiger partial charge in [0.05, 0.1) is 0 Å². The Labute approximate surface area is 118 Å². The van der Waals surface area contributed by atoms with Gasteiger partial charge in [0.25, 0.3) is 5.91 Å². The maximum Gasteiger partial charge on any atom is 0.258 e. The molecular formula is C15H20N2O3. The molecule has 1 aromatic rings. The van der Waals surface area contributed by atoms with Crippen LogP contribution >= 0.6 is 0 Å². The van der Waals surface area contributed by atoms with E-state index >= 15 is 0 Å². The van der Waals surface area contributed by atoms with Crippen molar-refractivity contribution in [3.63, 3.8) is 0 Å². The summed E-state index contributed by atoms with van der Waals surface area (Å²) < 4.78 is 5.47. The molecule has 0 saturated carbocycles. The van der Waals surface area contributed by atoms with Gasteiger partial charge >= 0.3 is 0 Å². The van der Waals surface area contributed by atoms with Crippen LogP contribution in [0.2, 0.25) is 0 Å². The van der Waals surface area contributed by atoms with Gasteiger partial charge in [0.15, 0.2) is 6.61 Å². The van der Waals surface area contributed by atoms with Crippen molar-refractivity contribution in [1.29, 1.82) is 0 Å². The number of ether oxygens (including phenoxy) is 1. The molecule has 0 bridgehead atoms. The van der Waals surface area contributed by atoms with Crippen molar-refractivity contribution >= 4 is 11.8 Å². The van der Waals surface area contributed by atoms with Crippen molar-refractivity contribution in [3.05, 3.63) is 29.8 Å². The average Bonchev–Trinajstić information content (AvgIpc) is 2.48. The van der Waals surface area contributed by atoms with E-state index in [0.29, 0.717) is 25.1 Å². The van der Waals surface area contributed by atoms with Crippen molar-refractivity contribution in [2.24, 2.45) is 0 Å². The molecule has 1 aliphatic rings. The molecule has 1 saturated heterocycles. The van der Waals surface area contributed by atoms with Gasteiger partial charge in [0.2, 0.25) is 5.91 Å². The van der Waals surface area contributed by atoms with Crippen LogP contribution in [0.3, 0.4) is 0 Å². The van der Waals surface area contributed by atoms with Crippen LogP contribution < -0.4 is 15.4 Å². The summed E-state index contributed by atoms with van der Waals surface area (Å²) in [4.78, 5) is 22.8. The van der Waals surface area contributed by atoms with E-state index in [1.165, 1.54) is 5.56 Å². The van der Waals surface area contributed by atoms with Gasteiger partial charge in [-0.05, 0) is 30.5 Å². The largest absolute Gasteiger partial charge is 0.484 e. The molecule has 2 amide bonds. The highest BCUT2D eigenvalue weighted by atomic mass is 16.5. The zero-order valence-corrected chi connectivity index (χ0v) is 11.6. The highest BCUT2D eigenvalue weighted by Gasteiger charge is 2.19. The van der Waals surface area contributed by atoms with Crippen molar-refractivity contribution < 1.29 is 14.3 Å². The van der Waals surface area contributed by atoms with E-state index in [0.717, 1.165) is 6.42 Å². The Kier molecular flexibility index (Phi) is 4.98. The second-order valence-corrected chi connectivity index (χ2v) is 4.90. The summed E-state index contributed by atoms with van der Waals surface area (Å²) in [5.74, 6) is 0.590. The molecule has 0 aliphatic carbocycles. The zero-order valence-electron chi connectivity index (χ0n) is 11.6. The molecule has 20 heavy (non-hydrogen) atoms. The molecule has 1 aromatic carbocycles. The van der Waals surface area contributed by atoms with Gasteiger partial charge in [0.1, 0.15) is 5.75 Å². The summed E-state index contributed by atoms with van der Waals surface area (Å²) in [6.07, 6.45) is 2.08. The van der Waals surface area contributed by atoms with Crippen molar-refractivity contribution in [3.8, 4) is 5.75 Å². The molecule has 1 aliphatic heterocycles. The first-order valence-electron chi connectivity index (χ1n) is 6.95. The summed E-state index contributed by atoms with van der Waals surface area (Å²) in [5.41, 5.74) is 1.18. The van der Waals surface area contributed by atoms with Gasteiger partial charge in [0, 0.05) is 19.0 Å². The molecule has 108 valence electrons. The smallest absolute Gasteiger partial charge is 0.258 e. The molecule has 1 fully saturated rings. The zero-order chi connectivity index (χ0) is 14.4. The Hall–Kier alpha value is -2.04. The number of piperidine rings is 1. The predicted octanol–water partition coefficient (Wildman–Crippen LogP) is 1.02. The van der Waals surface area contributed by atoms with Crippen LogP contribution in [0.15, 0.2) is 24.3 Å². The lowest BCUT2D eigenvalue weighted by Gasteiger charge is -2.23. The second kappa shape index (κ2) is 6.93. The fraction of sp³-hybridized carbons (Fsp3) is 0.467. The number of rotatable bonds is 5. The third-order valence-corrected chi connectivity index (χ3v) is 3.31. The Morgan fingerprint density at radius 2 is 2.35 bits per heavy atom. The van der Waals surface area contributed by atoms with Crippen molar-refractivity contribution in [1.82, 2.24) is 10.6 Å². The first-order chi connectivity index (χ1) is 9.67. The van der Waals surface area contributed by atoms with Gasteiger partial charge in [-0.3, -0.25) is 9.59 Å². The van der Waals surface area contributed by atoms with Crippen molar-refractivity contribution in [2.45, 2.75) is 32.2 Å². The van der Waals surface area contributed by atoms with Gasteiger partial charge in [-0.15, -0.1) is 0 Å². The van der Waals surface area contributed by atoms with Gasteiger partial charge in [-0.25, -0.2) is 0 Å². The van der Waals surface area contributed by atoms with Crippen LogP contribution in [0, 0.1) is 0 Å². The number of amides is 2. The lowest BCUT2D eigenvalue weighted by molar-refractivity contribution is -0.126. The summed E-state index contributed by atoms with van der Waals surface area (Å²) in [7, 11) is 0. The summed E-state index contributed by atoms with van der Waals surface area (Å²) in [5, 5.41) is 5.59. The van der Waals surface area contributed by atoms with Crippen LogP contribution in [-0.4, -0.2) is 31.0 Å². The first-order valence-corrected chi connectivity index (χ1v) is 6.95. The molecule has 0 spiro atoms. The molecule has 1 heterocycles. The van der Waals surface area contributed by atoms with Gasteiger partial charge in [-0.1, -0.05) is 19.1 Å². The molecule has 0 aromatic heterocycles. The summed E-state index contributed by atoms with van der Waals surface area (Å²) in [6, 6.07) is 7.73. The minimum Gasteiger partial charge on any atom is -0.484 e. The molecule has 2 rings (SSSR count). The topological polar surface area (TPSA) is 67.4 Å². The minimum atomic E-state index is -0.159. The van der Waals surface area contributed by atoms with Crippen LogP contribution in [-0.2, 0) is 16.0 Å². The maximum absolute atomic E-state index is 11.8. The maximum atomic E-state index is 11.8. The van der Waals surface area contributed by atoms with Crippen molar-refractivity contribution in [2.75, 3.05) is 13.2 Å². The molecule has 1 atom stereocenters. The Balaban J connectivity index is 1.75. The molecule has 5 heteroatoms. The lowest BCUT2D eigenvalue weighted by Crippen LogP contribution is -2.48. The SMILES string of the molecule is CCc1cccc(OCC(=O)NC2CCC(=O)NC2)c1. The third kappa shape index (κ3) is 4.26. The quantitative estimate of drug-likeness (QED) is 0.844. The van der Waals surface area contributed by atoms with Crippen LogP contribution in [0.1, 0.15) is 25.3 Å². The van der Waals surface area contributed by atoms with E-state index < -0.39 is 0 Å². The van der Waals surface area contributed by atoms with Gasteiger partial charge in [-0.2, -0.15) is 0 Å². The highest BCUT2D eigenvalue weighted by molar-refractivity contribution is 5.79. The number of hydrogen-bond donors (Lipinski definition) is 2. The summed E-state index contributed by atoms with van der Waals surface area (Å²) >= 11 is 0. The molecule has 2 N–H and O–H groups in total. The highest BCUT2D eigenvalue weighted by Crippen LogP contribution is 2.13. The normalized spacial score (nSPS) is 18.2. The van der Waals surface area contributed by atoms with E-state index in [4.69, 9.17) is 4.74 Å². The molecule has 5 nitrogen and oxygen atoms in total. The lowest BCUT2D eigenvalue weighted by atomic mass is 10.1. The Morgan fingerprint density at radius 3 is 3.05 bits per heavy atom. The number of hydrogen-bond acceptors (Lipinski definition) is 3. The summed E-state index contributed by atoms with van der Waals surface area (Å²) in [6.45, 7) is 2.57. The predicted molar refractivity (Wildman–Crippen MR) is 75.5 cm³/mol. The van der Waals surface area contributed by atoms with Crippen LogP contribution in [0.25, 0.3) is 0 Å². The Bertz CT molecular complexity index is 478. The number of benzene rings is 1. The van der Waals surface area contributed by atoms with E-state index in [1.807, 2.05) is 24.3 Å². The third-order valence-electron chi connectivity index (χ3n) is 3.31. The minimum absolute atomic E-state index is 0.00237. The fourth-order valence-electron chi connectivity index (χ4n) is 2.13. The molecule has 1 unspecified atom stereocenters. The first kappa shape index (κ1) is 14.4. The van der Waals surface area contributed by atoms with E-state index in [1.54, 1.807) is 0 Å². The van der Waals surface area contributed by atoms with E-state index in [9.17, 15) is 9.59 Å². The average molecular weight is 276 g/mol. The number of aryl methyl sites for hydroxylation is 1. The standard InChI is InChI=1S/C15H20N2O3/c1-2-11-4-3-5-13(8-11)20-10-15(19)17-12-6-7-14(18)16-9-12/h3-5,8,12H,2,6-7,9-10H2,1H3,(H,16,18)(H,17,19). The molecular weight excluding hydrogens is 256 g/mol. The number of carbonyl (C=O) groups excluding carboxylic acids is 2. The second-order valence-electron chi connectivity index (χ2n) is 4.90. The molecule has 0 radical (unpaired) electrons. The number of nitrogens with one attached hydrogen (secondary N) is 2. The van der Waals surface area contributed by atoms with Crippen LogP contribution in [0.5, 0.6) is 5.75 Å². The fourth-order valence-corrected chi connectivity index (χ4v) is 2.13. The van der Waals surface area contributed by atoms with Gasteiger partial charge < -0.3 is 15.4 Å². The number of carbonyl (C=O) groups is 2. The van der Waals surface area contributed by atoms with Crippen LogP contribution in [0.4, 0.5) is 0 Å². The van der Waals surface area contributed by atoms with E-state index in [2.05, 4.69) is 17.6 Å². The Morgan fingerprint density at radius 1 is 1.50 bits per heavy atom. The monoisotopic (exact) mass is 276 g/mol.